The van der Waals surface area contributed by atoms with E-state index < -0.39 is 0 Å². The molecule has 0 radical (unpaired) electrons. The summed E-state index contributed by atoms with van der Waals surface area (Å²) < 4.78 is 0.837. The molecule has 0 saturated carbocycles. The van der Waals surface area contributed by atoms with Gasteiger partial charge < -0.3 is 10.2 Å². The van der Waals surface area contributed by atoms with Crippen LogP contribution in [0.15, 0.2) is 22.7 Å². The molecule has 1 aliphatic heterocycles. The largest absolute Gasteiger partial charge is 0.337 e. The van der Waals surface area contributed by atoms with E-state index in [1.54, 1.807) is 12.1 Å². The van der Waals surface area contributed by atoms with Crippen molar-refractivity contribution < 1.29 is 4.79 Å². The van der Waals surface area contributed by atoms with E-state index in [1.807, 2.05) is 11.0 Å². The number of nitrogens with one attached hydrogen (secondary N) is 1. The molecule has 1 saturated heterocycles. The highest BCUT2D eigenvalue weighted by atomic mass is 79.9. The van der Waals surface area contributed by atoms with E-state index in [2.05, 4.69) is 28.2 Å². The highest BCUT2D eigenvalue weighted by Crippen LogP contribution is 2.21. The molecule has 0 bridgehead atoms. The molecule has 3 nitrogen and oxygen atoms in total. The highest BCUT2D eigenvalue weighted by Gasteiger charge is 2.22. The Balaban J connectivity index is 2.12. The molecular formula is C15H20BrClN2O. The summed E-state index contributed by atoms with van der Waals surface area (Å²) in [5, 5.41) is 4.03. The first-order valence-electron chi connectivity index (χ1n) is 7.09. The number of nitrogens with zero attached hydrogens (tertiary/aromatic N) is 1. The Morgan fingerprint density at radius 3 is 2.90 bits per heavy atom. The lowest BCUT2D eigenvalue weighted by atomic mass is 10.1. The van der Waals surface area contributed by atoms with Crippen molar-refractivity contribution in [2.45, 2.75) is 32.2 Å². The van der Waals surface area contributed by atoms with E-state index in [-0.39, 0.29) is 5.91 Å². The minimum Gasteiger partial charge on any atom is -0.337 e. The average molecular weight is 360 g/mol. The maximum absolute atomic E-state index is 12.6. The van der Waals surface area contributed by atoms with Gasteiger partial charge in [-0.3, -0.25) is 4.79 Å². The topological polar surface area (TPSA) is 32.3 Å². The zero-order valence-electron chi connectivity index (χ0n) is 11.7. The van der Waals surface area contributed by atoms with Gasteiger partial charge in [0.15, 0.2) is 0 Å². The predicted molar refractivity (Wildman–Crippen MR) is 86.4 cm³/mol. The highest BCUT2D eigenvalue weighted by molar-refractivity contribution is 9.10. The van der Waals surface area contributed by atoms with Gasteiger partial charge in [-0.05, 0) is 44.0 Å². The predicted octanol–water partition coefficient (Wildman–Crippen LogP) is 3.71. The first-order valence-corrected chi connectivity index (χ1v) is 8.26. The molecule has 2 rings (SSSR count). The average Bonchev–Trinajstić information content (AvgIpc) is 2.89. The third-order valence-electron chi connectivity index (χ3n) is 3.49. The van der Waals surface area contributed by atoms with Crippen molar-refractivity contribution in [2.75, 3.05) is 19.6 Å². The Kier molecular flexibility index (Phi) is 5.87. The van der Waals surface area contributed by atoms with Crippen LogP contribution in [0.1, 0.15) is 36.5 Å². The molecule has 0 spiro atoms. The third kappa shape index (κ3) is 4.21. The van der Waals surface area contributed by atoms with Gasteiger partial charge in [-0.25, -0.2) is 0 Å². The first-order chi connectivity index (χ1) is 9.60. The van der Waals surface area contributed by atoms with Crippen LogP contribution < -0.4 is 5.32 Å². The lowest BCUT2D eigenvalue weighted by molar-refractivity contribution is 0.0742. The number of halogens is 2. The SMILES string of the molecule is CCCN(CC1CCCN1)C(=O)c1cc(Cl)cc(Br)c1. The molecule has 1 atom stereocenters. The van der Waals surface area contributed by atoms with Gasteiger partial charge in [0, 0.05) is 34.2 Å². The summed E-state index contributed by atoms with van der Waals surface area (Å²) >= 11 is 9.42. The Labute approximate surface area is 133 Å². The molecule has 5 heteroatoms. The number of rotatable bonds is 5. The Morgan fingerprint density at radius 1 is 1.50 bits per heavy atom. The van der Waals surface area contributed by atoms with Gasteiger partial charge >= 0.3 is 0 Å². The van der Waals surface area contributed by atoms with E-state index in [0.717, 1.165) is 36.9 Å². The second-order valence-corrected chi connectivity index (χ2v) is 6.55. The van der Waals surface area contributed by atoms with Gasteiger partial charge in [-0.1, -0.05) is 34.5 Å². The number of amides is 1. The second-order valence-electron chi connectivity index (χ2n) is 5.20. The van der Waals surface area contributed by atoms with Crippen LogP contribution >= 0.6 is 27.5 Å². The van der Waals surface area contributed by atoms with Crippen LogP contribution in [0.4, 0.5) is 0 Å². The number of hydrogen-bond donors (Lipinski definition) is 1. The fraction of sp³-hybridized carbons (Fsp3) is 0.533. The molecule has 0 aliphatic carbocycles. The minimum atomic E-state index is 0.0590. The van der Waals surface area contributed by atoms with Crippen LogP contribution in [-0.4, -0.2) is 36.5 Å². The van der Waals surface area contributed by atoms with Gasteiger partial charge in [0.1, 0.15) is 0 Å². The van der Waals surface area contributed by atoms with Crippen LogP contribution in [-0.2, 0) is 0 Å². The molecule has 1 fully saturated rings. The summed E-state index contributed by atoms with van der Waals surface area (Å²) in [6, 6.07) is 5.78. The van der Waals surface area contributed by atoms with E-state index in [9.17, 15) is 4.79 Å². The van der Waals surface area contributed by atoms with Crippen molar-refractivity contribution in [1.29, 1.82) is 0 Å². The second kappa shape index (κ2) is 7.43. The normalized spacial score (nSPS) is 18.2. The summed E-state index contributed by atoms with van der Waals surface area (Å²) in [6.45, 7) is 4.70. The molecule has 1 amide bonds. The van der Waals surface area contributed by atoms with Crippen LogP contribution in [0.2, 0.25) is 5.02 Å². The van der Waals surface area contributed by atoms with Crippen molar-refractivity contribution in [3.63, 3.8) is 0 Å². The zero-order chi connectivity index (χ0) is 14.5. The molecule has 1 aromatic rings. The fourth-order valence-corrected chi connectivity index (χ4v) is 3.44. The summed E-state index contributed by atoms with van der Waals surface area (Å²) in [7, 11) is 0. The molecule has 1 aliphatic rings. The fourth-order valence-electron chi connectivity index (χ4n) is 2.58. The number of hydrogen-bond acceptors (Lipinski definition) is 2. The first kappa shape index (κ1) is 15.8. The van der Waals surface area contributed by atoms with Crippen LogP contribution in [0, 0.1) is 0 Å². The molecule has 1 unspecified atom stereocenters. The zero-order valence-corrected chi connectivity index (χ0v) is 14.0. The van der Waals surface area contributed by atoms with Crippen molar-refractivity contribution in [2.24, 2.45) is 0 Å². The monoisotopic (exact) mass is 358 g/mol. The summed E-state index contributed by atoms with van der Waals surface area (Å²) in [4.78, 5) is 14.6. The van der Waals surface area contributed by atoms with Crippen LogP contribution in [0.5, 0.6) is 0 Å². The van der Waals surface area contributed by atoms with E-state index in [0.29, 0.717) is 16.6 Å². The number of carbonyl (C=O) groups excluding carboxylic acids is 1. The molecule has 0 aromatic heterocycles. The maximum atomic E-state index is 12.6. The van der Waals surface area contributed by atoms with Crippen molar-refractivity contribution in [3.8, 4) is 0 Å². The smallest absolute Gasteiger partial charge is 0.253 e. The summed E-state index contributed by atoms with van der Waals surface area (Å²) in [6.07, 6.45) is 3.30. The summed E-state index contributed by atoms with van der Waals surface area (Å²) in [5.41, 5.74) is 0.649. The molecular weight excluding hydrogens is 340 g/mol. The quantitative estimate of drug-likeness (QED) is 0.869. The van der Waals surface area contributed by atoms with E-state index in [1.165, 1.54) is 6.42 Å². The van der Waals surface area contributed by atoms with Crippen LogP contribution in [0.25, 0.3) is 0 Å². The molecule has 1 N–H and O–H groups in total. The lowest BCUT2D eigenvalue weighted by Gasteiger charge is -2.25. The van der Waals surface area contributed by atoms with Gasteiger partial charge in [0.05, 0.1) is 0 Å². The Bertz CT molecular complexity index is 455. The lowest BCUT2D eigenvalue weighted by Crippen LogP contribution is -2.41. The number of benzene rings is 1. The standard InChI is InChI=1S/C15H20BrClN2O/c1-2-6-19(10-14-4-3-5-18-14)15(20)11-7-12(16)9-13(17)8-11/h7-9,14,18H,2-6,10H2,1H3. The maximum Gasteiger partial charge on any atom is 0.253 e. The Hall–Kier alpha value is -0.580. The summed E-state index contributed by atoms with van der Waals surface area (Å²) in [5.74, 6) is 0.0590. The number of carbonyl (C=O) groups is 1. The molecule has 1 aromatic carbocycles. The third-order valence-corrected chi connectivity index (χ3v) is 4.17. The van der Waals surface area contributed by atoms with Gasteiger partial charge in [-0.15, -0.1) is 0 Å². The minimum absolute atomic E-state index is 0.0590. The van der Waals surface area contributed by atoms with Gasteiger partial charge in [0.2, 0.25) is 0 Å². The molecule has 20 heavy (non-hydrogen) atoms. The van der Waals surface area contributed by atoms with E-state index in [4.69, 9.17) is 11.6 Å². The van der Waals surface area contributed by atoms with Crippen molar-refractivity contribution >= 4 is 33.4 Å². The van der Waals surface area contributed by atoms with Gasteiger partial charge in [0.25, 0.3) is 5.91 Å². The molecule has 110 valence electrons. The van der Waals surface area contributed by atoms with Crippen molar-refractivity contribution in [1.82, 2.24) is 10.2 Å². The Morgan fingerprint density at radius 2 is 2.30 bits per heavy atom. The molecule has 1 heterocycles. The van der Waals surface area contributed by atoms with Crippen LogP contribution in [0.3, 0.4) is 0 Å². The van der Waals surface area contributed by atoms with Gasteiger partial charge in [-0.2, -0.15) is 0 Å². The van der Waals surface area contributed by atoms with E-state index >= 15 is 0 Å². The van der Waals surface area contributed by atoms with Crippen molar-refractivity contribution in [3.05, 3.63) is 33.3 Å².